The molecular formula is C13H12N2O3S2. The van der Waals surface area contributed by atoms with Crippen molar-refractivity contribution in [3.05, 3.63) is 54.1 Å². The Balaban J connectivity index is 2.39. The smallest absolute Gasteiger partial charge is 0.249 e. The maximum Gasteiger partial charge on any atom is 0.249 e. The van der Waals surface area contributed by atoms with Gasteiger partial charge in [-0.15, -0.1) is 0 Å². The van der Waals surface area contributed by atoms with Crippen molar-refractivity contribution in [1.29, 1.82) is 0 Å². The molecule has 2 aromatic rings. The van der Waals surface area contributed by atoms with Gasteiger partial charge in [0.25, 0.3) is 0 Å². The first-order valence-electron chi connectivity index (χ1n) is 5.57. The fourth-order valence-electron chi connectivity index (χ4n) is 1.60. The van der Waals surface area contributed by atoms with Crippen molar-refractivity contribution < 1.29 is 13.2 Å². The molecule has 0 fully saturated rings. The van der Waals surface area contributed by atoms with Gasteiger partial charge in [0.05, 0.1) is 10.5 Å². The lowest BCUT2D eigenvalue weighted by atomic mass is 10.2. The van der Waals surface area contributed by atoms with Gasteiger partial charge in [-0.3, -0.25) is 4.79 Å². The molecule has 2 aromatic carbocycles. The van der Waals surface area contributed by atoms with Crippen LogP contribution in [0.3, 0.4) is 0 Å². The SMILES string of the molecule is NC(=O)c1ccccc1Sc1cccc(S(N)(=O)=O)c1. The minimum Gasteiger partial charge on any atom is -0.366 e. The number of benzene rings is 2. The van der Waals surface area contributed by atoms with E-state index in [1.165, 1.54) is 23.9 Å². The molecule has 0 heterocycles. The van der Waals surface area contributed by atoms with E-state index in [9.17, 15) is 13.2 Å². The van der Waals surface area contributed by atoms with E-state index in [1.807, 2.05) is 0 Å². The summed E-state index contributed by atoms with van der Waals surface area (Å²) in [6.07, 6.45) is 0. The Labute approximate surface area is 121 Å². The van der Waals surface area contributed by atoms with E-state index < -0.39 is 15.9 Å². The molecule has 20 heavy (non-hydrogen) atoms. The first-order valence-corrected chi connectivity index (χ1v) is 7.94. The molecule has 0 radical (unpaired) electrons. The Morgan fingerprint density at radius 1 is 1.05 bits per heavy atom. The van der Waals surface area contributed by atoms with Crippen molar-refractivity contribution in [2.24, 2.45) is 10.9 Å². The summed E-state index contributed by atoms with van der Waals surface area (Å²) >= 11 is 1.25. The largest absolute Gasteiger partial charge is 0.366 e. The van der Waals surface area contributed by atoms with E-state index >= 15 is 0 Å². The van der Waals surface area contributed by atoms with Crippen LogP contribution in [-0.2, 0) is 10.0 Å². The lowest BCUT2D eigenvalue weighted by Crippen LogP contribution is -2.12. The third kappa shape index (κ3) is 3.38. The zero-order chi connectivity index (χ0) is 14.8. The van der Waals surface area contributed by atoms with Gasteiger partial charge >= 0.3 is 0 Å². The van der Waals surface area contributed by atoms with E-state index in [0.717, 1.165) is 0 Å². The number of hydrogen-bond donors (Lipinski definition) is 2. The van der Waals surface area contributed by atoms with Crippen molar-refractivity contribution >= 4 is 27.7 Å². The van der Waals surface area contributed by atoms with Gasteiger partial charge in [0.15, 0.2) is 0 Å². The van der Waals surface area contributed by atoms with E-state index in [1.54, 1.807) is 36.4 Å². The summed E-state index contributed by atoms with van der Waals surface area (Å²) in [6.45, 7) is 0. The van der Waals surface area contributed by atoms with Crippen molar-refractivity contribution in [3.8, 4) is 0 Å². The Morgan fingerprint density at radius 3 is 2.40 bits per heavy atom. The fourth-order valence-corrected chi connectivity index (χ4v) is 3.25. The molecule has 0 bridgehead atoms. The Morgan fingerprint density at radius 2 is 1.75 bits per heavy atom. The summed E-state index contributed by atoms with van der Waals surface area (Å²) in [4.78, 5) is 12.7. The van der Waals surface area contributed by atoms with Gasteiger partial charge in [-0.1, -0.05) is 30.0 Å². The highest BCUT2D eigenvalue weighted by Gasteiger charge is 2.11. The Kier molecular flexibility index (Phi) is 4.12. The van der Waals surface area contributed by atoms with E-state index in [-0.39, 0.29) is 4.90 Å². The maximum absolute atomic E-state index is 11.3. The second-order valence-electron chi connectivity index (χ2n) is 3.98. The van der Waals surface area contributed by atoms with Crippen LogP contribution in [0.15, 0.2) is 63.2 Å². The molecule has 2 rings (SSSR count). The van der Waals surface area contributed by atoms with Crippen LogP contribution < -0.4 is 10.9 Å². The standard InChI is InChI=1S/C13H12N2O3S2/c14-13(16)11-6-1-2-7-12(11)19-9-4-3-5-10(8-9)20(15,17)18/h1-8H,(H2,14,16)(H2,15,17,18). The summed E-state index contributed by atoms with van der Waals surface area (Å²) in [7, 11) is -3.75. The molecule has 0 aliphatic rings. The van der Waals surface area contributed by atoms with Crippen molar-refractivity contribution in [3.63, 3.8) is 0 Å². The molecule has 0 aliphatic heterocycles. The predicted octanol–water partition coefficient (Wildman–Crippen LogP) is 1.58. The molecule has 0 spiro atoms. The summed E-state index contributed by atoms with van der Waals surface area (Å²) in [5.74, 6) is -0.532. The zero-order valence-electron chi connectivity index (χ0n) is 10.3. The summed E-state index contributed by atoms with van der Waals surface area (Å²) in [5.41, 5.74) is 5.69. The molecule has 0 unspecified atom stereocenters. The highest BCUT2D eigenvalue weighted by Crippen LogP contribution is 2.31. The van der Waals surface area contributed by atoms with Crippen LogP contribution in [-0.4, -0.2) is 14.3 Å². The van der Waals surface area contributed by atoms with Crippen molar-refractivity contribution in [2.45, 2.75) is 14.7 Å². The van der Waals surface area contributed by atoms with Gasteiger partial charge in [-0.2, -0.15) is 0 Å². The number of carbonyl (C=O) groups excluding carboxylic acids is 1. The molecule has 1 amide bonds. The quantitative estimate of drug-likeness (QED) is 0.895. The molecule has 4 N–H and O–H groups in total. The molecular weight excluding hydrogens is 296 g/mol. The predicted molar refractivity (Wildman–Crippen MR) is 76.9 cm³/mol. The number of rotatable bonds is 4. The monoisotopic (exact) mass is 308 g/mol. The summed E-state index contributed by atoms with van der Waals surface area (Å²) in [6, 6.07) is 13.1. The molecule has 0 saturated heterocycles. The van der Waals surface area contributed by atoms with E-state index in [2.05, 4.69) is 0 Å². The number of primary sulfonamides is 1. The lowest BCUT2D eigenvalue weighted by Gasteiger charge is -2.07. The van der Waals surface area contributed by atoms with Crippen molar-refractivity contribution in [2.75, 3.05) is 0 Å². The lowest BCUT2D eigenvalue weighted by molar-refractivity contribution is 0.0997. The molecule has 0 aliphatic carbocycles. The van der Waals surface area contributed by atoms with Gasteiger partial charge in [0.1, 0.15) is 0 Å². The molecule has 5 nitrogen and oxygen atoms in total. The van der Waals surface area contributed by atoms with Crippen LogP contribution in [0.1, 0.15) is 10.4 Å². The maximum atomic E-state index is 11.3. The second-order valence-corrected chi connectivity index (χ2v) is 6.66. The minimum absolute atomic E-state index is 0.0269. The normalized spacial score (nSPS) is 11.2. The second kappa shape index (κ2) is 5.66. The average Bonchev–Trinajstić information content (AvgIpc) is 2.38. The molecule has 7 heteroatoms. The zero-order valence-corrected chi connectivity index (χ0v) is 11.9. The molecule has 104 valence electrons. The van der Waals surface area contributed by atoms with Gasteiger partial charge < -0.3 is 5.73 Å². The number of primary amides is 1. The summed E-state index contributed by atoms with van der Waals surface area (Å²) < 4.78 is 22.6. The van der Waals surface area contributed by atoms with Crippen LogP contribution in [0.2, 0.25) is 0 Å². The van der Waals surface area contributed by atoms with Crippen LogP contribution in [0.25, 0.3) is 0 Å². The van der Waals surface area contributed by atoms with E-state index in [0.29, 0.717) is 15.4 Å². The van der Waals surface area contributed by atoms with Crippen LogP contribution in [0.4, 0.5) is 0 Å². The first kappa shape index (κ1) is 14.6. The number of sulfonamides is 1. The number of carbonyl (C=O) groups is 1. The summed E-state index contributed by atoms with van der Waals surface area (Å²) in [5, 5.41) is 5.09. The highest BCUT2D eigenvalue weighted by molar-refractivity contribution is 7.99. The van der Waals surface area contributed by atoms with E-state index in [4.69, 9.17) is 10.9 Å². The topological polar surface area (TPSA) is 103 Å². The Hall–Kier alpha value is -1.83. The number of amides is 1. The minimum atomic E-state index is -3.75. The van der Waals surface area contributed by atoms with Gasteiger partial charge in [-0.25, -0.2) is 13.6 Å². The highest BCUT2D eigenvalue weighted by atomic mass is 32.2. The Bertz CT molecular complexity index is 758. The van der Waals surface area contributed by atoms with Gasteiger partial charge in [0, 0.05) is 9.79 Å². The first-order chi connectivity index (χ1) is 9.38. The van der Waals surface area contributed by atoms with Crippen molar-refractivity contribution in [1.82, 2.24) is 0 Å². The molecule has 0 aromatic heterocycles. The van der Waals surface area contributed by atoms with Gasteiger partial charge in [0.2, 0.25) is 15.9 Å². The average molecular weight is 308 g/mol. The van der Waals surface area contributed by atoms with Gasteiger partial charge in [-0.05, 0) is 30.3 Å². The third-order valence-corrected chi connectivity index (χ3v) is 4.49. The molecule has 0 atom stereocenters. The fraction of sp³-hybridized carbons (Fsp3) is 0. The third-order valence-electron chi connectivity index (χ3n) is 2.51. The van der Waals surface area contributed by atoms with Crippen LogP contribution in [0, 0.1) is 0 Å². The number of hydrogen-bond acceptors (Lipinski definition) is 4. The number of nitrogens with two attached hydrogens (primary N) is 2. The molecule has 0 saturated carbocycles. The van der Waals surface area contributed by atoms with Crippen LogP contribution in [0.5, 0.6) is 0 Å². The van der Waals surface area contributed by atoms with Crippen LogP contribution >= 0.6 is 11.8 Å².